The lowest BCUT2D eigenvalue weighted by atomic mass is 9.91. The van der Waals surface area contributed by atoms with Crippen molar-refractivity contribution in [3.8, 4) is 34.4 Å². The summed E-state index contributed by atoms with van der Waals surface area (Å²) in [6, 6.07) is 19.2. The van der Waals surface area contributed by atoms with Gasteiger partial charge in [-0.15, -0.1) is 0 Å². The van der Waals surface area contributed by atoms with Gasteiger partial charge in [-0.25, -0.2) is 4.98 Å². The van der Waals surface area contributed by atoms with E-state index in [-0.39, 0.29) is 12.1 Å². The molecule has 2 atom stereocenters. The zero-order valence-electron chi connectivity index (χ0n) is 30.8. The number of likely N-dealkylation sites (tertiary alicyclic amines) is 2. The van der Waals surface area contributed by atoms with Crippen LogP contribution in [0, 0.1) is 25.2 Å². The van der Waals surface area contributed by atoms with Gasteiger partial charge in [0.15, 0.2) is 5.58 Å². The summed E-state index contributed by atoms with van der Waals surface area (Å²) in [4.78, 5) is 20.3. The van der Waals surface area contributed by atoms with E-state index in [0.29, 0.717) is 72.9 Å². The predicted molar refractivity (Wildman–Crippen MR) is 203 cm³/mol. The molecule has 2 fully saturated rings. The molecule has 3 heterocycles. The molecule has 0 saturated carbocycles. The topological polar surface area (TPSA) is 123 Å². The molecule has 0 unspecified atom stereocenters. The van der Waals surface area contributed by atoms with Gasteiger partial charge in [0, 0.05) is 37.3 Å². The maximum absolute atomic E-state index is 14.4. The number of ether oxygens (including phenoxy) is 1. The summed E-state index contributed by atoms with van der Waals surface area (Å²) in [6.07, 6.45) is 0.0152. The Hall–Kier alpha value is -5.48. The number of methoxy groups -OCH3 is 1. The maximum atomic E-state index is 14.4. The Morgan fingerprint density at radius 3 is 2.42 bits per heavy atom. The Morgan fingerprint density at radius 2 is 1.73 bits per heavy atom. The number of alkyl halides is 3. The molecular weight excluding hydrogens is 709 g/mol. The van der Waals surface area contributed by atoms with Gasteiger partial charge in [0.05, 0.1) is 24.3 Å². The molecule has 1 aromatic heterocycles. The van der Waals surface area contributed by atoms with E-state index in [1.807, 2.05) is 66.1 Å². The number of aliphatic carboxylic acids is 1. The molecule has 2 aliphatic rings. The number of aromatic nitrogens is 1. The fourth-order valence-electron chi connectivity index (χ4n) is 7.91. The van der Waals surface area contributed by atoms with E-state index in [1.54, 1.807) is 12.1 Å². The molecule has 2 N–H and O–H groups in total. The Morgan fingerprint density at radius 1 is 1.00 bits per heavy atom. The molecule has 4 aromatic carbocycles. The quantitative estimate of drug-likeness (QED) is 0.135. The monoisotopic (exact) mass is 750 g/mol. The first-order valence-corrected chi connectivity index (χ1v) is 18.2. The number of oxazole rings is 1. The standard InChI is InChI=1S/C43H41F3N4O5/c1-25-28(12-13-29-20-39(54-3)31(19-36(29)43(44,45)46)23-49-16-14-32(51)24-49)7-4-8-33(25)34-9-5-10-35(26(34)2)41-48-37-18-27(17-30(21-47)40(37)55-41)22-50-15-6-11-38(50)42(52)53/h4-5,7-10,12-13,17-20,32,38,51H,6,11,14-16,22-24H2,1-3H3,(H,52,53)/b13-12+/t32-,38+/m1/s1. The summed E-state index contributed by atoms with van der Waals surface area (Å²) in [5.74, 6) is -0.172. The summed E-state index contributed by atoms with van der Waals surface area (Å²) in [7, 11) is 1.44. The lowest BCUT2D eigenvalue weighted by Gasteiger charge is -2.20. The highest BCUT2D eigenvalue weighted by Crippen LogP contribution is 2.39. The van der Waals surface area contributed by atoms with Crippen molar-refractivity contribution in [2.24, 2.45) is 0 Å². The second-order valence-electron chi connectivity index (χ2n) is 14.3. The SMILES string of the molecule is COc1cc(/C=C/c2cccc(-c3cccc(-c4nc5cc(CN6CCC[C@H]6C(=O)O)cc(C#N)c5o4)c3C)c2C)c(C(F)(F)F)cc1CN1CC[C@@H](O)C1. The van der Waals surface area contributed by atoms with Crippen LogP contribution >= 0.6 is 0 Å². The molecule has 12 heteroatoms. The summed E-state index contributed by atoms with van der Waals surface area (Å²) in [6.45, 7) is 6.15. The zero-order valence-corrected chi connectivity index (χ0v) is 30.8. The number of carboxylic acids is 1. The van der Waals surface area contributed by atoms with Gasteiger partial charge in [0.2, 0.25) is 5.89 Å². The van der Waals surface area contributed by atoms with Gasteiger partial charge in [-0.2, -0.15) is 18.4 Å². The molecule has 2 saturated heterocycles. The van der Waals surface area contributed by atoms with Crippen LogP contribution in [0.3, 0.4) is 0 Å². The molecule has 0 aliphatic carbocycles. The molecule has 284 valence electrons. The van der Waals surface area contributed by atoms with Crippen molar-refractivity contribution in [2.45, 2.75) is 64.5 Å². The van der Waals surface area contributed by atoms with E-state index in [0.717, 1.165) is 51.4 Å². The minimum absolute atomic E-state index is 0.0180. The molecule has 55 heavy (non-hydrogen) atoms. The average molecular weight is 751 g/mol. The van der Waals surface area contributed by atoms with Crippen molar-refractivity contribution in [2.75, 3.05) is 26.7 Å². The van der Waals surface area contributed by atoms with Crippen molar-refractivity contribution in [1.82, 2.24) is 14.8 Å². The Labute approximate surface area is 316 Å². The number of halogens is 3. The minimum Gasteiger partial charge on any atom is -0.496 e. The zero-order chi connectivity index (χ0) is 39.0. The lowest BCUT2D eigenvalue weighted by Crippen LogP contribution is -2.35. The molecule has 0 spiro atoms. The molecule has 5 aromatic rings. The van der Waals surface area contributed by atoms with Crippen LogP contribution in [0.15, 0.2) is 65.1 Å². The van der Waals surface area contributed by atoms with Gasteiger partial charge in [-0.3, -0.25) is 14.6 Å². The van der Waals surface area contributed by atoms with Crippen LogP contribution in [-0.4, -0.2) is 69.9 Å². The third-order valence-corrected chi connectivity index (χ3v) is 10.8. The van der Waals surface area contributed by atoms with Crippen molar-refractivity contribution >= 4 is 29.2 Å². The fraction of sp³-hybridized carbons (Fsp3) is 0.326. The number of nitrogens with zero attached hydrogens (tertiary/aromatic N) is 4. The maximum Gasteiger partial charge on any atom is 0.417 e. The predicted octanol–water partition coefficient (Wildman–Crippen LogP) is 8.46. The number of rotatable bonds is 10. The molecule has 0 bridgehead atoms. The fourth-order valence-corrected chi connectivity index (χ4v) is 7.91. The minimum atomic E-state index is -4.60. The number of aliphatic hydroxyl groups is 1. The van der Waals surface area contributed by atoms with Crippen molar-refractivity contribution in [3.05, 3.63) is 105 Å². The van der Waals surface area contributed by atoms with Crippen LogP contribution < -0.4 is 4.74 Å². The number of hydrogen-bond acceptors (Lipinski definition) is 8. The van der Waals surface area contributed by atoms with Gasteiger partial charge in [0.25, 0.3) is 0 Å². The lowest BCUT2D eigenvalue weighted by molar-refractivity contribution is -0.142. The van der Waals surface area contributed by atoms with Crippen molar-refractivity contribution < 1.29 is 37.3 Å². The Bertz CT molecular complexity index is 2340. The number of β-amino-alcohol motifs (C(OH)–C–C–N with tert-alkyl or cyclic N) is 1. The molecule has 0 radical (unpaired) electrons. The summed E-state index contributed by atoms with van der Waals surface area (Å²) in [5, 5.41) is 29.5. The first-order chi connectivity index (χ1) is 26.3. The molecule has 9 nitrogen and oxygen atoms in total. The number of benzene rings is 4. The second kappa shape index (κ2) is 15.3. The highest BCUT2D eigenvalue weighted by molar-refractivity contribution is 5.86. The number of carbonyl (C=O) groups is 1. The van der Waals surface area contributed by atoms with Gasteiger partial charge >= 0.3 is 12.1 Å². The van der Waals surface area contributed by atoms with Crippen molar-refractivity contribution in [1.29, 1.82) is 5.26 Å². The molecular formula is C43H41F3N4O5. The van der Waals surface area contributed by atoms with Crippen molar-refractivity contribution in [3.63, 3.8) is 0 Å². The summed E-state index contributed by atoms with van der Waals surface area (Å²) < 4.78 is 55.0. The smallest absolute Gasteiger partial charge is 0.417 e. The van der Waals surface area contributed by atoms with Crippen LogP contribution in [0.4, 0.5) is 13.2 Å². The summed E-state index contributed by atoms with van der Waals surface area (Å²) >= 11 is 0. The third kappa shape index (κ3) is 7.73. The molecule has 2 aliphatic heterocycles. The first kappa shape index (κ1) is 37.8. The van der Waals surface area contributed by atoms with Gasteiger partial charge in [-0.1, -0.05) is 42.5 Å². The highest BCUT2D eigenvalue weighted by atomic mass is 19.4. The van der Waals surface area contributed by atoms with Crippen LogP contribution in [0.25, 0.3) is 45.8 Å². The van der Waals surface area contributed by atoms with Gasteiger partial charge in [-0.05, 0) is 109 Å². The Balaban J connectivity index is 1.20. The highest BCUT2D eigenvalue weighted by Gasteiger charge is 2.35. The first-order valence-electron chi connectivity index (χ1n) is 18.2. The van der Waals surface area contributed by atoms with E-state index in [4.69, 9.17) is 14.1 Å². The summed E-state index contributed by atoms with van der Waals surface area (Å²) in [5.41, 5.74) is 6.52. The normalized spacial score (nSPS) is 18.1. The van der Waals surface area contributed by atoms with Crippen LogP contribution in [-0.2, 0) is 24.1 Å². The van der Waals surface area contributed by atoms with Crippen LogP contribution in [0.2, 0.25) is 0 Å². The largest absolute Gasteiger partial charge is 0.496 e. The van der Waals surface area contributed by atoms with E-state index < -0.39 is 29.9 Å². The number of aliphatic hydroxyl groups excluding tert-OH is 1. The number of nitriles is 1. The number of hydrogen-bond donors (Lipinski definition) is 2. The van der Waals surface area contributed by atoms with Crippen LogP contribution in [0.5, 0.6) is 5.75 Å². The number of carboxylic acid groups (broad SMARTS) is 1. The van der Waals surface area contributed by atoms with Gasteiger partial charge in [0.1, 0.15) is 23.4 Å². The third-order valence-electron chi connectivity index (χ3n) is 10.8. The van der Waals surface area contributed by atoms with E-state index in [1.165, 1.54) is 19.3 Å². The molecule has 7 rings (SSSR count). The van der Waals surface area contributed by atoms with Gasteiger partial charge < -0.3 is 19.4 Å². The number of fused-ring (bicyclic) bond motifs is 1. The van der Waals surface area contributed by atoms with E-state index in [2.05, 4.69) is 6.07 Å². The van der Waals surface area contributed by atoms with E-state index >= 15 is 0 Å². The molecule has 0 amide bonds. The Kier molecular flexibility index (Phi) is 10.5. The second-order valence-corrected chi connectivity index (χ2v) is 14.3. The van der Waals surface area contributed by atoms with E-state index in [9.17, 15) is 33.4 Å². The average Bonchev–Trinajstić information content (AvgIpc) is 3.91. The van der Waals surface area contributed by atoms with Crippen LogP contribution in [0.1, 0.15) is 63.8 Å².